The van der Waals surface area contributed by atoms with Crippen LogP contribution < -0.4 is 20.1 Å². The van der Waals surface area contributed by atoms with E-state index < -0.39 is 6.04 Å². The molecule has 2 aliphatic rings. The smallest absolute Gasteiger partial charge is 0.163 e. The van der Waals surface area contributed by atoms with Crippen LogP contribution >= 0.6 is 0 Å². The molecule has 6 heteroatoms. The first-order valence-electron chi connectivity index (χ1n) is 10.9. The van der Waals surface area contributed by atoms with Gasteiger partial charge in [0.25, 0.3) is 0 Å². The van der Waals surface area contributed by atoms with Crippen molar-refractivity contribution in [2.45, 2.75) is 24.8 Å². The Bertz CT molecular complexity index is 1250. The second-order valence-electron chi connectivity index (χ2n) is 8.30. The van der Waals surface area contributed by atoms with Crippen LogP contribution in [0.15, 0.2) is 78.0 Å². The molecule has 0 aromatic heterocycles. The number of benzene rings is 3. The zero-order valence-corrected chi connectivity index (χ0v) is 18.5. The zero-order chi connectivity index (χ0) is 22.9. The Kier molecular flexibility index (Phi) is 5.50. The predicted molar refractivity (Wildman–Crippen MR) is 126 cm³/mol. The molecular weight excluding hydrogens is 419 g/mol. The number of carbonyl (C=O) groups excluding carboxylic acids is 1. The number of fused-ring (bicyclic) bond motifs is 1. The van der Waals surface area contributed by atoms with Gasteiger partial charge in [-0.05, 0) is 48.2 Å². The minimum absolute atomic E-state index is 0.00269. The van der Waals surface area contributed by atoms with Crippen LogP contribution in [0, 0.1) is 5.82 Å². The van der Waals surface area contributed by atoms with E-state index in [0.29, 0.717) is 35.5 Å². The molecule has 0 saturated carbocycles. The van der Waals surface area contributed by atoms with Gasteiger partial charge in [0.05, 0.1) is 31.6 Å². The van der Waals surface area contributed by atoms with Gasteiger partial charge in [0.15, 0.2) is 17.3 Å². The van der Waals surface area contributed by atoms with Crippen LogP contribution in [0.25, 0.3) is 0 Å². The number of nitrogens with one attached hydrogen (secondary N) is 2. The summed E-state index contributed by atoms with van der Waals surface area (Å²) in [5.74, 6) is 0.907. The van der Waals surface area contributed by atoms with Crippen molar-refractivity contribution < 1.29 is 18.7 Å². The van der Waals surface area contributed by atoms with E-state index in [2.05, 4.69) is 10.6 Å². The summed E-state index contributed by atoms with van der Waals surface area (Å²) in [6.45, 7) is 0. The molecule has 0 bridgehead atoms. The molecule has 0 saturated heterocycles. The SMILES string of the molecule is COc1ccc([C@@H]2CC(=O)C3=C(C2)Nc2ccccc2N[C@@H]3c2ccccc2F)cc1OC. The Morgan fingerprint density at radius 3 is 2.36 bits per heavy atom. The number of ketones is 1. The van der Waals surface area contributed by atoms with E-state index in [-0.39, 0.29) is 17.5 Å². The molecule has 3 aromatic rings. The van der Waals surface area contributed by atoms with Crippen LogP contribution in [0.3, 0.4) is 0 Å². The lowest BCUT2D eigenvalue weighted by molar-refractivity contribution is -0.116. The fourth-order valence-electron chi connectivity index (χ4n) is 4.78. The summed E-state index contributed by atoms with van der Waals surface area (Å²) in [4.78, 5) is 13.6. The van der Waals surface area contributed by atoms with Crippen molar-refractivity contribution in [3.05, 3.63) is 94.9 Å². The van der Waals surface area contributed by atoms with E-state index in [1.807, 2.05) is 42.5 Å². The summed E-state index contributed by atoms with van der Waals surface area (Å²) in [6.07, 6.45) is 0.955. The van der Waals surface area contributed by atoms with Gasteiger partial charge in [-0.3, -0.25) is 4.79 Å². The third-order valence-electron chi connectivity index (χ3n) is 6.40. The Hall–Kier alpha value is -3.80. The molecule has 5 nitrogen and oxygen atoms in total. The molecular formula is C27H25FN2O3. The fourth-order valence-corrected chi connectivity index (χ4v) is 4.78. The highest BCUT2D eigenvalue weighted by Crippen LogP contribution is 2.45. The molecule has 2 atom stereocenters. The minimum atomic E-state index is -0.573. The highest BCUT2D eigenvalue weighted by molar-refractivity contribution is 6.01. The van der Waals surface area contributed by atoms with Crippen molar-refractivity contribution in [3.8, 4) is 11.5 Å². The van der Waals surface area contributed by atoms with E-state index in [0.717, 1.165) is 22.6 Å². The predicted octanol–water partition coefficient (Wildman–Crippen LogP) is 5.82. The second kappa shape index (κ2) is 8.62. The van der Waals surface area contributed by atoms with Gasteiger partial charge >= 0.3 is 0 Å². The third-order valence-corrected chi connectivity index (χ3v) is 6.40. The third kappa shape index (κ3) is 3.82. The first-order chi connectivity index (χ1) is 16.1. The lowest BCUT2D eigenvalue weighted by atomic mass is 9.78. The molecule has 1 heterocycles. The first-order valence-corrected chi connectivity index (χ1v) is 10.9. The van der Waals surface area contributed by atoms with E-state index in [9.17, 15) is 9.18 Å². The molecule has 0 radical (unpaired) electrons. The van der Waals surface area contributed by atoms with E-state index in [1.54, 1.807) is 32.4 Å². The molecule has 1 aliphatic heterocycles. The number of halogens is 1. The van der Waals surface area contributed by atoms with Gasteiger partial charge in [-0.2, -0.15) is 0 Å². The molecule has 0 amide bonds. The van der Waals surface area contributed by atoms with Crippen LogP contribution in [-0.4, -0.2) is 20.0 Å². The second-order valence-corrected chi connectivity index (χ2v) is 8.30. The summed E-state index contributed by atoms with van der Waals surface area (Å²) < 4.78 is 25.7. The molecule has 2 N–H and O–H groups in total. The van der Waals surface area contributed by atoms with Gasteiger partial charge in [0.2, 0.25) is 0 Å². The van der Waals surface area contributed by atoms with E-state index in [4.69, 9.17) is 9.47 Å². The van der Waals surface area contributed by atoms with Crippen molar-refractivity contribution in [3.63, 3.8) is 0 Å². The standard InChI is InChI=1S/C27H25FN2O3/c1-32-24-12-11-16(15-25(24)33-2)17-13-22-26(23(31)14-17)27(18-7-3-4-8-19(18)28)30-21-10-6-5-9-20(21)29-22/h3-12,15,17,27,29-30H,13-14H2,1-2H3/t17-,27+/m0/s1. The van der Waals surface area contributed by atoms with Crippen LogP contribution in [0.5, 0.6) is 11.5 Å². The van der Waals surface area contributed by atoms with Crippen molar-refractivity contribution in [1.29, 1.82) is 0 Å². The van der Waals surface area contributed by atoms with Gasteiger partial charge in [-0.1, -0.05) is 36.4 Å². The van der Waals surface area contributed by atoms with E-state index in [1.165, 1.54) is 6.07 Å². The monoisotopic (exact) mass is 444 g/mol. The largest absolute Gasteiger partial charge is 0.493 e. The number of rotatable bonds is 4. The molecule has 168 valence electrons. The molecule has 0 unspecified atom stereocenters. The number of hydrogen-bond donors (Lipinski definition) is 2. The topological polar surface area (TPSA) is 59.6 Å². The Balaban J connectivity index is 1.59. The number of allylic oxidation sites excluding steroid dienone is 1. The number of para-hydroxylation sites is 2. The Morgan fingerprint density at radius 2 is 1.61 bits per heavy atom. The van der Waals surface area contributed by atoms with Gasteiger partial charge in [-0.25, -0.2) is 4.39 Å². The normalized spacial score (nSPS) is 19.5. The van der Waals surface area contributed by atoms with Gasteiger partial charge < -0.3 is 20.1 Å². The quantitative estimate of drug-likeness (QED) is 0.531. The Labute approximate surface area is 192 Å². The van der Waals surface area contributed by atoms with Crippen molar-refractivity contribution in [2.24, 2.45) is 0 Å². The number of ether oxygens (including phenoxy) is 2. The van der Waals surface area contributed by atoms with Crippen molar-refractivity contribution in [2.75, 3.05) is 24.9 Å². The summed E-state index contributed by atoms with van der Waals surface area (Å²) in [6, 6.07) is 19.6. The van der Waals surface area contributed by atoms with Gasteiger partial charge in [0.1, 0.15) is 5.82 Å². The summed E-state index contributed by atoms with van der Waals surface area (Å²) in [7, 11) is 3.20. The number of hydrogen-bond acceptors (Lipinski definition) is 5. The van der Waals surface area contributed by atoms with Crippen molar-refractivity contribution >= 4 is 17.2 Å². The highest BCUT2D eigenvalue weighted by atomic mass is 19.1. The first kappa shape index (κ1) is 21.1. The van der Waals surface area contributed by atoms with Crippen molar-refractivity contribution in [1.82, 2.24) is 0 Å². The molecule has 0 spiro atoms. The maximum absolute atomic E-state index is 14.8. The van der Waals surface area contributed by atoms with Gasteiger partial charge in [0, 0.05) is 23.3 Å². The van der Waals surface area contributed by atoms with Crippen LogP contribution in [0.4, 0.5) is 15.8 Å². The molecule has 3 aromatic carbocycles. The zero-order valence-electron chi connectivity index (χ0n) is 18.5. The number of carbonyl (C=O) groups is 1. The molecule has 1 aliphatic carbocycles. The van der Waals surface area contributed by atoms with Crippen LogP contribution in [-0.2, 0) is 4.79 Å². The Morgan fingerprint density at radius 1 is 0.879 bits per heavy atom. The maximum atomic E-state index is 14.8. The van der Waals surface area contributed by atoms with Crippen LogP contribution in [0.1, 0.15) is 35.9 Å². The average Bonchev–Trinajstić information content (AvgIpc) is 3.00. The lowest BCUT2D eigenvalue weighted by Crippen LogP contribution is -2.27. The number of anilines is 2. The van der Waals surface area contributed by atoms with Gasteiger partial charge in [-0.15, -0.1) is 0 Å². The molecule has 33 heavy (non-hydrogen) atoms. The summed E-state index contributed by atoms with van der Waals surface area (Å²) in [5, 5.41) is 6.90. The summed E-state index contributed by atoms with van der Waals surface area (Å²) >= 11 is 0. The maximum Gasteiger partial charge on any atom is 0.163 e. The average molecular weight is 445 g/mol. The van der Waals surface area contributed by atoms with Crippen LogP contribution in [0.2, 0.25) is 0 Å². The van der Waals surface area contributed by atoms with E-state index >= 15 is 0 Å². The lowest BCUT2D eigenvalue weighted by Gasteiger charge is -2.30. The fraction of sp³-hybridized carbons (Fsp3) is 0.222. The minimum Gasteiger partial charge on any atom is -0.493 e. The number of methoxy groups -OCH3 is 2. The molecule has 5 rings (SSSR count). The summed E-state index contributed by atoms with van der Waals surface area (Å²) in [5.41, 5.74) is 4.56. The number of Topliss-reactive ketones (excluding diaryl/α,β-unsaturated/α-hetero) is 1. The highest BCUT2D eigenvalue weighted by Gasteiger charge is 2.37. The molecule has 0 fully saturated rings.